The van der Waals surface area contributed by atoms with E-state index >= 15 is 0 Å². The van der Waals surface area contributed by atoms with Crippen LogP contribution in [0, 0.1) is 6.92 Å². The molecule has 0 saturated carbocycles. The van der Waals surface area contributed by atoms with Crippen LogP contribution < -0.4 is 5.56 Å². The molecule has 0 aromatic carbocycles. The van der Waals surface area contributed by atoms with Crippen LogP contribution in [-0.4, -0.2) is 4.98 Å². The highest BCUT2D eigenvalue weighted by atomic mass is 16.1. The van der Waals surface area contributed by atoms with E-state index in [9.17, 15) is 4.79 Å². The summed E-state index contributed by atoms with van der Waals surface area (Å²) in [4.78, 5) is 14.4. The van der Waals surface area contributed by atoms with Gasteiger partial charge in [-0.15, -0.1) is 0 Å². The van der Waals surface area contributed by atoms with Gasteiger partial charge in [0.25, 0.3) is 5.56 Å². The quantitative estimate of drug-likeness (QED) is 0.742. The van der Waals surface area contributed by atoms with Gasteiger partial charge in [0, 0.05) is 11.3 Å². The fraction of sp³-hybridized carbons (Fsp3) is 0.545. The Morgan fingerprint density at radius 3 is 2.46 bits per heavy atom. The van der Waals surface area contributed by atoms with Crippen molar-refractivity contribution in [3.8, 4) is 0 Å². The maximum Gasteiger partial charge on any atom is 0.251 e. The zero-order valence-corrected chi connectivity index (χ0v) is 8.77. The first-order chi connectivity index (χ1) is 5.97. The van der Waals surface area contributed by atoms with E-state index in [2.05, 4.69) is 25.8 Å². The third-order valence-electron chi connectivity index (χ3n) is 2.67. The highest BCUT2D eigenvalue weighted by molar-refractivity contribution is 5.21. The first kappa shape index (κ1) is 10.0. The molecule has 72 valence electrons. The number of rotatable bonds is 2. The lowest BCUT2D eigenvalue weighted by atomic mass is 9.83. The largest absolute Gasteiger partial charge is 0.326 e. The molecule has 1 aromatic heterocycles. The Kier molecular flexibility index (Phi) is 2.60. The van der Waals surface area contributed by atoms with Crippen molar-refractivity contribution in [3.05, 3.63) is 33.7 Å². The number of hydrogen-bond donors (Lipinski definition) is 1. The van der Waals surface area contributed by atoms with Gasteiger partial charge in [0.15, 0.2) is 0 Å². The van der Waals surface area contributed by atoms with Gasteiger partial charge in [-0.05, 0) is 24.8 Å². The van der Waals surface area contributed by atoms with E-state index in [1.54, 1.807) is 0 Å². The van der Waals surface area contributed by atoms with Gasteiger partial charge in [0.2, 0.25) is 0 Å². The predicted molar refractivity (Wildman–Crippen MR) is 55.1 cm³/mol. The summed E-state index contributed by atoms with van der Waals surface area (Å²) in [7, 11) is 0. The third kappa shape index (κ3) is 2.00. The zero-order valence-electron chi connectivity index (χ0n) is 8.77. The second kappa shape index (κ2) is 3.36. The molecule has 13 heavy (non-hydrogen) atoms. The highest BCUT2D eigenvalue weighted by Crippen LogP contribution is 2.23. The predicted octanol–water partition coefficient (Wildman–Crippen LogP) is 2.37. The molecule has 0 unspecified atom stereocenters. The van der Waals surface area contributed by atoms with Crippen LogP contribution in [-0.2, 0) is 5.41 Å². The average Bonchev–Trinajstić information content (AvgIpc) is 2.03. The highest BCUT2D eigenvalue weighted by Gasteiger charge is 2.20. The Hall–Kier alpha value is -1.05. The van der Waals surface area contributed by atoms with Crippen LogP contribution in [0.2, 0.25) is 0 Å². The number of H-pyrrole nitrogens is 1. The summed E-state index contributed by atoms with van der Waals surface area (Å²) in [5.74, 6) is 0. The maximum atomic E-state index is 11.6. The number of aromatic amines is 1. The van der Waals surface area contributed by atoms with Crippen molar-refractivity contribution in [1.29, 1.82) is 0 Å². The van der Waals surface area contributed by atoms with Crippen LogP contribution >= 0.6 is 0 Å². The van der Waals surface area contributed by atoms with Gasteiger partial charge in [-0.3, -0.25) is 4.79 Å². The van der Waals surface area contributed by atoms with E-state index in [0.29, 0.717) is 0 Å². The molecule has 0 spiro atoms. The summed E-state index contributed by atoms with van der Waals surface area (Å²) >= 11 is 0. The van der Waals surface area contributed by atoms with E-state index in [1.165, 1.54) is 0 Å². The van der Waals surface area contributed by atoms with E-state index in [-0.39, 0.29) is 11.0 Å². The molecular formula is C11H17NO. The van der Waals surface area contributed by atoms with Crippen molar-refractivity contribution in [2.75, 3.05) is 0 Å². The van der Waals surface area contributed by atoms with Crippen molar-refractivity contribution in [1.82, 2.24) is 4.98 Å². The van der Waals surface area contributed by atoms with Crippen molar-refractivity contribution >= 4 is 0 Å². The fourth-order valence-corrected chi connectivity index (χ4v) is 1.30. The third-order valence-corrected chi connectivity index (χ3v) is 2.67. The number of aromatic nitrogens is 1. The zero-order chi connectivity index (χ0) is 10.1. The Morgan fingerprint density at radius 2 is 2.00 bits per heavy atom. The van der Waals surface area contributed by atoms with Crippen LogP contribution in [0.4, 0.5) is 0 Å². The molecule has 2 heteroatoms. The van der Waals surface area contributed by atoms with E-state index in [4.69, 9.17) is 0 Å². The number of hydrogen-bond acceptors (Lipinski definition) is 1. The number of nitrogens with one attached hydrogen (secondary N) is 1. The molecule has 0 bridgehead atoms. The van der Waals surface area contributed by atoms with Crippen LogP contribution in [0.5, 0.6) is 0 Å². The molecule has 0 radical (unpaired) electrons. The minimum atomic E-state index is -0.0265. The number of aryl methyl sites for hydroxylation is 1. The molecule has 0 fully saturated rings. The van der Waals surface area contributed by atoms with Crippen molar-refractivity contribution in [2.45, 2.75) is 39.5 Å². The van der Waals surface area contributed by atoms with E-state index in [1.807, 2.05) is 19.1 Å². The molecule has 0 aliphatic heterocycles. The second-order valence-electron chi connectivity index (χ2n) is 4.12. The topological polar surface area (TPSA) is 32.9 Å². The lowest BCUT2D eigenvalue weighted by Crippen LogP contribution is -2.26. The van der Waals surface area contributed by atoms with Crippen LogP contribution in [0.1, 0.15) is 38.4 Å². The Balaban J connectivity index is 3.24. The summed E-state index contributed by atoms with van der Waals surface area (Å²) < 4.78 is 0. The summed E-state index contributed by atoms with van der Waals surface area (Å²) in [5.41, 5.74) is 1.81. The standard InChI is InChI=1S/C11H17NO/c1-5-11(3,4)9-7-6-8(2)12-10(9)13/h6-7H,5H2,1-4H3,(H,12,13). The van der Waals surface area contributed by atoms with Gasteiger partial charge in [0.1, 0.15) is 0 Å². The molecule has 0 atom stereocenters. The van der Waals surface area contributed by atoms with Gasteiger partial charge >= 0.3 is 0 Å². The van der Waals surface area contributed by atoms with Gasteiger partial charge in [-0.1, -0.05) is 26.8 Å². The molecule has 0 aliphatic rings. The maximum absolute atomic E-state index is 11.6. The minimum Gasteiger partial charge on any atom is -0.326 e. The molecule has 1 rings (SSSR count). The van der Waals surface area contributed by atoms with E-state index < -0.39 is 0 Å². The lowest BCUT2D eigenvalue weighted by molar-refractivity contribution is 0.500. The van der Waals surface area contributed by atoms with Crippen molar-refractivity contribution in [2.24, 2.45) is 0 Å². The van der Waals surface area contributed by atoms with Crippen molar-refractivity contribution in [3.63, 3.8) is 0 Å². The summed E-state index contributed by atoms with van der Waals surface area (Å²) in [6.45, 7) is 8.17. The van der Waals surface area contributed by atoms with E-state index in [0.717, 1.165) is 17.7 Å². The average molecular weight is 179 g/mol. The first-order valence-corrected chi connectivity index (χ1v) is 4.68. The SMILES string of the molecule is CCC(C)(C)c1ccc(C)[nH]c1=O. The smallest absolute Gasteiger partial charge is 0.251 e. The second-order valence-corrected chi connectivity index (χ2v) is 4.12. The molecule has 1 heterocycles. The Bertz CT molecular complexity index is 349. The van der Waals surface area contributed by atoms with Gasteiger partial charge in [-0.25, -0.2) is 0 Å². The van der Waals surface area contributed by atoms with Crippen molar-refractivity contribution < 1.29 is 0 Å². The van der Waals surface area contributed by atoms with Gasteiger partial charge in [0.05, 0.1) is 0 Å². The number of pyridine rings is 1. The van der Waals surface area contributed by atoms with Crippen LogP contribution in [0.15, 0.2) is 16.9 Å². The Labute approximate surface area is 79.0 Å². The molecular weight excluding hydrogens is 162 g/mol. The molecule has 0 amide bonds. The molecule has 0 aliphatic carbocycles. The molecule has 0 saturated heterocycles. The van der Waals surface area contributed by atoms with Gasteiger partial charge < -0.3 is 4.98 Å². The van der Waals surface area contributed by atoms with Crippen LogP contribution in [0.25, 0.3) is 0 Å². The van der Waals surface area contributed by atoms with Gasteiger partial charge in [-0.2, -0.15) is 0 Å². The normalized spacial score (nSPS) is 11.7. The first-order valence-electron chi connectivity index (χ1n) is 4.68. The lowest BCUT2D eigenvalue weighted by Gasteiger charge is -2.21. The monoisotopic (exact) mass is 179 g/mol. The summed E-state index contributed by atoms with van der Waals surface area (Å²) in [6.07, 6.45) is 0.971. The fourth-order valence-electron chi connectivity index (χ4n) is 1.30. The Morgan fingerprint density at radius 1 is 1.38 bits per heavy atom. The summed E-state index contributed by atoms with van der Waals surface area (Å²) in [5, 5.41) is 0. The van der Waals surface area contributed by atoms with Crippen LogP contribution in [0.3, 0.4) is 0 Å². The molecule has 1 N–H and O–H groups in total. The molecule has 2 nitrogen and oxygen atoms in total. The molecule has 1 aromatic rings. The minimum absolute atomic E-state index is 0.0265. The summed E-state index contributed by atoms with van der Waals surface area (Å²) in [6, 6.07) is 3.88.